The van der Waals surface area contributed by atoms with E-state index in [0.717, 1.165) is 29.5 Å². The molecule has 0 spiro atoms. The average molecular weight is 1270 g/mol. The predicted octanol–water partition coefficient (Wildman–Crippen LogP) is -2.68. The summed E-state index contributed by atoms with van der Waals surface area (Å²) in [6, 6.07) is 0.917. The number of anilines is 1. The Labute approximate surface area is 460 Å². The number of nitrogen functional groups attached to an aromatic ring is 1. The number of imidazole rings is 2. The molecule has 456 valence electrons. The number of phosphoric acid groups is 3. The molecule has 0 amide bonds. The molecular formula is C39H58N11O27P5. The van der Waals surface area contributed by atoms with Gasteiger partial charge in [-0.2, -0.15) is 9.55 Å². The maximum atomic E-state index is 13.6. The highest BCUT2D eigenvalue weighted by Crippen LogP contribution is 2.65. The van der Waals surface area contributed by atoms with Gasteiger partial charge in [0.2, 0.25) is 18.5 Å². The number of fused-ring (bicyclic) bond motifs is 2. The van der Waals surface area contributed by atoms with Crippen LogP contribution >= 0.6 is 38.7 Å². The lowest BCUT2D eigenvalue weighted by molar-refractivity contribution is -0.646. The monoisotopic (exact) mass is 1270 g/mol. The van der Waals surface area contributed by atoms with E-state index < -0.39 is 161 Å². The number of methoxy groups -OCH3 is 2. The molecule has 0 bridgehead atoms. The first-order valence-corrected chi connectivity index (χ1v) is 32.2. The predicted molar refractivity (Wildman–Crippen MR) is 271 cm³/mol. The quantitative estimate of drug-likeness (QED) is 0.0238. The first kappa shape index (κ1) is 63.7. The number of rotatable bonds is 25. The molecule has 38 nitrogen and oxygen atoms in total. The number of aryl methyl sites for hydroxylation is 1. The lowest BCUT2D eigenvalue weighted by atomic mass is 9.99. The van der Waals surface area contributed by atoms with Crippen LogP contribution in [-0.2, 0) is 80.3 Å². The lowest BCUT2D eigenvalue weighted by Crippen LogP contribution is -2.39. The molecule has 13 N–H and O–H groups in total. The van der Waals surface area contributed by atoms with Crippen LogP contribution in [0.1, 0.15) is 44.1 Å². The van der Waals surface area contributed by atoms with Crippen LogP contribution in [-0.4, -0.2) is 177 Å². The molecule has 8 heterocycles. The molecule has 0 radical (unpaired) electrons. The summed E-state index contributed by atoms with van der Waals surface area (Å²) in [4.78, 5) is 110. The third-order valence-electron chi connectivity index (χ3n) is 13.2. The molecule has 0 aromatic carbocycles. The Morgan fingerprint density at radius 1 is 0.793 bits per heavy atom. The molecule has 0 saturated carbocycles. The molecule has 3 fully saturated rings. The fourth-order valence-electron chi connectivity index (χ4n) is 9.30. The summed E-state index contributed by atoms with van der Waals surface area (Å²) in [6.45, 7) is -1.60. The zero-order chi connectivity index (χ0) is 60.0. The van der Waals surface area contributed by atoms with Crippen molar-refractivity contribution in [1.29, 1.82) is 0 Å². The van der Waals surface area contributed by atoms with Gasteiger partial charge in [-0.25, -0.2) is 37.1 Å². The molecule has 5 unspecified atom stereocenters. The van der Waals surface area contributed by atoms with Gasteiger partial charge in [0.05, 0.1) is 63.9 Å². The van der Waals surface area contributed by atoms with E-state index in [1.807, 2.05) is 11.9 Å². The van der Waals surface area contributed by atoms with Gasteiger partial charge in [-0.3, -0.25) is 51.4 Å². The van der Waals surface area contributed by atoms with Crippen molar-refractivity contribution in [3.63, 3.8) is 0 Å². The molecule has 4 aromatic heterocycles. The number of hydrogen-bond acceptors (Lipinski definition) is 28. The fraction of sp³-hybridized carbons (Fsp3) is 0.615. The van der Waals surface area contributed by atoms with Crippen LogP contribution < -0.4 is 37.7 Å². The standard InChI is InChI=1S/C39H58N11O27P5/c1-5-18-6-8-42-32-25(24(18)40)43-16-49(32)37-31(68-4)30(75-80(61,62)69-14-21-28(53)29(54)36(73-21)48-9-7-23(51)44-39(48)56)22(74-37)15-71-82(65,66)77-79(59,60)11-10-78(57,58)76-81(63,64)70-13-20-19(12-67-3)27(52)35(72-20)50-17-47(2)26-33(50)45-38(41)46-34(26)55/h7-9,16-17,19-22,27-31,35-37,52-54H,5-6,10-15,40H2,1-4H3,(H8-,41,44,45,46,51,55,56,57,58,59,60,61,62,63,64,65,66)/t19-,20-,21-,22-,27-,28-,29-,30-,31-,35-,36-,37-/m1/s1. The Bertz CT molecular complexity index is 3520. The number of nitrogens with one attached hydrogen (secondary N) is 2. The van der Waals surface area contributed by atoms with E-state index in [1.165, 1.54) is 46.7 Å². The van der Waals surface area contributed by atoms with E-state index >= 15 is 0 Å². The molecule has 82 heavy (non-hydrogen) atoms. The van der Waals surface area contributed by atoms with Crippen LogP contribution in [0.4, 0.5) is 11.8 Å². The molecule has 4 aliphatic heterocycles. The van der Waals surface area contributed by atoms with Gasteiger partial charge < -0.3 is 84.0 Å². The van der Waals surface area contributed by atoms with Crippen molar-refractivity contribution in [2.45, 2.75) is 87.3 Å². The van der Waals surface area contributed by atoms with Crippen LogP contribution in [0.3, 0.4) is 0 Å². The number of phosphoric ester groups is 3. The Balaban J connectivity index is 0.917. The number of hydrogen-bond donors (Lipinski definition) is 11. The molecule has 43 heteroatoms. The second kappa shape index (κ2) is 24.9. The van der Waals surface area contributed by atoms with Crippen molar-refractivity contribution in [3.05, 3.63) is 67.4 Å². The topological polar surface area (TPSA) is 543 Å². The summed E-state index contributed by atoms with van der Waals surface area (Å²) in [6.07, 6.45) is -15.1. The highest BCUT2D eigenvalue weighted by atomic mass is 31.3. The SMILES string of the molecule is CCC1=C(N)c2ncn([C@@H]3O[C@H](COP(=O)(O)OP(=O)(O)CCP(=O)(O)OP(=O)(O)OC[C@H]4O[C@@H](n5c[n+](C)c6c(=O)[nH]c(N)nc65)[C@H](O)[C@@H]4COC)[C@@H](OP(=O)([O-])OC[C@H]4O[C@@H](n5ccc(=O)[nH]c5=O)[C@H](O)[C@@H]4O)[C@H]3OC)c2N=CC1. The highest BCUT2D eigenvalue weighted by Gasteiger charge is 2.53. The van der Waals surface area contributed by atoms with Gasteiger partial charge in [-0.05, 0) is 12.0 Å². The van der Waals surface area contributed by atoms with Gasteiger partial charge in [-0.1, -0.05) is 6.92 Å². The minimum Gasteiger partial charge on any atom is -0.756 e. The van der Waals surface area contributed by atoms with Gasteiger partial charge in [0.25, 0.3) is 24.5 Å². The maximum absolute atomic E-state index is 13.6. The highest BCUT2D eigenvalue weighted by molar-refractivity contribution is 7.66. The van der Waals surface area contributed by atoms with Crippen LogP contribution in [0.2, 0.25) is 0 Å². The van der Waals surface area contributed by atoms with E-state index in [0.29, 0.717) is 12.8 Å². The number of aliphatic hydroxyl groups is 3. The first-order valence-electron chi connectivity index (χ1n) is 24.2. The van der Waals surface area contributed by atoms with Crippen LogP contribution in [0.5, 0.6) is 0 Å². The molecular weight excluding hydrogens is 1210 g/mol. The van der Waals surface area contributed by atoms with Crippen molar-refractivity contribution in [3.8, 4) is 0 Å². The largest absolute Gasteiger partial charge is 0.756 e. The Kier molecular flexibility index (Phi) is 19.3. The molecule has 4 aliphatic rings. The smallest absolute Gasteiger partial charge is 0.479 e. The Morgan fingerprint density at radius 2 is 1.40 bits per heavy atom. The average Bonchev–Trinajstić information content (AvgIpc) is 2.82. The van der Waals surface area contributed by atoms with Crippen molar-refractivity contribution < 1.29 is 118 Å². The van der Waals surface area contributed by atoms with E-state index in [4.69, 9.17) is 53.2 Å². The minimum absolute atomic E-state index is 0.0142. The molecule has 8 rings (SSSR count). The normalized spacial score (nSPS) is 30.4. The number of allylic oxidation sites excluding steroid dienone is 1. The van der Waals surface area contributed by atoms with E-state index in [2.05, 4.69) is 28.6 Å². The second-order valence-corrected chi connectivity index (χ2v) is 27.2. The summed E-state index contributed by atoms with van der Waals surface area (Å²) in [7, 11) is -24.3. The van der Waals surface area contributed by atoms with E-state index in [9.17, 15) is 77.0 Å². The van der Waals surface area contributed by atoms with E-state index in [1.54, 1.807) is 0 Å². The Morgan fingerprint density at radius 3 is 2.02 bits per heavy atom. The summed E-state index contributed by atoms with van der Waals surface area (Å²) in [5.41, 5.74) is 10.9. The molecule has 3 saturated heterocycles. The number of aromatic nitrogens is 8. The van der Waals surface area contributed by atoms with Gasteiger partial charge in [0, 0.05) is 45.0 Å². The third kappa shape index (κ3) is 14.1. The van der Waals surface area contributed by atoms with Crippen LogP contribution in [0.25, 0.3) is 16.9 Å². The van der Waals surface area contributed by atoms with Gasteiger partial charge >= 0.3 is 42.1 Å². The lowest BCUT2D eigenvalue weighted by Gasteiger charge is -2.31. The zero-order valence-corrected chi connectivity index (χ0v) is 47.8. The maximum Gasteiger partial charge on any atom is 0.479 e. The summed E-state index contributed by atoms with van der Waals surface area (Å²) in [5.74, 6) is -1.20. The zero-order valence-electron chi connectivity index (χ0n) is 43.3. The number of aliphatic hydroxyl groups excluding tert-OH is 3. The molecule has 4 aromatic rings. The number of ether oxygens (including phenoxy) is 5. The van der Waals surface area contributed by atoms with Crippen molar-refractivity contribution in [1.82, 2.24) is 33.6 Å². The second-order valence-electron chi connectivity index (χ2n) is 18.7. The number of aromatic amines is 2. The fourth-order valence-corrected chi connectivity index (χ4v) is 16.6. The molecule has 17 atom stereocenters. The number of nitrogens with two attached hydrogens (primary N) is 2. The summed E-state index contributed by atoms with van der Waals surface area (Å²) in [5, 5.41) is 32.6. The van der Waals surface area contributed by atoms with Crippen LogP contribution in [0, 0.1) is 5.92 Å². The number of nitrogens with zero attached hydrogens (tertiary/aromatic N) is 7. The summed E-state index contributed by atoms with van der Waals surface area (Å²) >= 11 is 0. The molecule has 0 aliphatic carbocycles. The number of H-pyrrole nitrogens is 2. The van der Waals surface area contributed by atoms with Gasteiger partial charge in [0.15, 0.2) is 18.3 Å². The van der Waals surface area contributed by atoms with E-state index in [-0.39, 0.29) is 40.9 Å². The third-order valence-corrected chi connectivity index (χ3v) is 20.7. The minimum atomic E-state index is -5.84. The summed E-state index contributed by atoms with van der Waals surface area (Å²) < 4.78 is 128. The van der Waals surface area contributed by atoms with Gasteiger partial charge in [-0.15, -0.1) is 0 Å². The number of aliphatic imine (C=N–C) groups is 1. The first-order chi connectivity index (χ1) is 38.4. The van der Waals surface area contributed by atoms with Crippen molar-refractivity contribution >= 4 is 73.5 Å². The van der Waals surface area contributed by atoms with Crippen molar-refractivity contribution in [2.24, 2.45) is 23.7 Å². The van der Waals surface area contributed by atoms with Crippen molar-refractivity contribution in [2.75, 3.05) is 58.7 Å². The van der Waals surface area contributed by atoms with Gasteiger partial charge in [0.1, 0.15) is 48.4 Å². The Hall–Kier alpha value is -4.36. The van der Waals surface area contributed by atoms with Crippen LogP contribution in [0.15, 0.2) is 49.9 Å².